The lowest BCUT2D eigenvalue weighted by Gasteiger charge is -2.39. The molecule has 1 aliphatic heterocycles. The smallest absolute Gasteiger partial charge is 0.230 e. The summed E-state index contributed by atoms with van der Waals surface area (Å²) < 4.78 is 0. The van der Waals surface area contributed by atoms with E-state index in [1.807, 2.05) is 0 Å². The van der Waals surface area contributed by atoms with Gasteiger partial charge in [-0.25, -0.2) is 0 Å². The summed E-state index contributed by atoms with van der Waals surface area (Å²) in [5.74, 6) is 0.407. The molecule has 1 amide bonds. The van der Waals surface area contributed by atoms with Gasteiger partial charge in [-0.3, -0.25) is 4.79 Å². The van der Waals surface area contributed by atoms with Crippen LogP contribution in [-0.2, 0) is 4.79 Å². The zero-order valence-electron chi connectivity index (χ0n) is 13.1. The first-order valence-electron chi connectivity index (χ1n) is 8.20. The third-order valence-corrected chi connectivity index (χ3v) is 4.45. The highest BCUT2D eigenvalue weighted by molar-refractivity contribution is 5.83. The van der Waals surface area contributed by atoms with Gasteiger partial charge in [0.1, 0.15) is 0 Å². The average Bonchev–Trinajstić information content (AvgIpc) is 2.47. The van der Waals surface area contributed by atoms with Crippen LogP contribution in [0, 0.1) is 5.41 Å². The van der Waals surface area contributed by atoms with Crippen LogP contribution in [0.15, 0.2) is 0 Å². The van der Waals surface area contributed by atoms with Crippen LogP contribution >= 0.6 is 0 Å². The molecule has 1 heterocycles. The van der Waals surface area contributed by atoms with Gasteiger partial charge in [-0.15, -0.1) is 0 Å². The van der Waals surface area contributed by atoms with E-state index in [9.17, 15) is 4.79 Å². The largest absolute Gasteiger partial charge is 0.342 e. The Kier molecular flexibility index (Phi) is 7.44. The first-order chi connectivity index (χ1) is 9.20. The number of carbonyl (C=O) groups is 1. The van der Waals surface area contributed by atoms with Gasteiger partial charge >= 0.3 is 0 Å². The summed E-state index contributed by atoms with van der Waals surface area (Å²) in [5.41, 5.74) is -0.125. The number of piperidine rings is 1. The molecule has 0 aromatic heterocycles. The average molecular weight is 268 g/mol. The second-order valence-corrected chi connectivity index (χ2v) is 5.91. The Morgan fingerprint density at radius 3 is 2.21 bits per heavy atom. The van der Waals surface area contributed by atoms with Gasteiger partial charge in [-0.2, -0.15) is 0 Å². The Morgan fingerprint density at radius 2 is 1.79 bits per heavy atom. The number of hydrogen-bond acceptors (Lipinski definition) is 2. The predicted molar refractivity (Wildman–Crippen MR) is 81.2 cm³/mol. The molecule has 0 saturated carbocycles. The quantitative estimate of drug-likeness (QED) is 0.733. The van der Waals surface area contributed by atoms with E-state index >= 15 is 0 Å². The molecule has 0 aliphatic carbocycles. The van der Waals surface area contributed by atoms with Gasteiger partial charge in [-0.05, 0) is 38.6 Å². The van der Waals surface area contributed by atoms with Crippen molar-refractivity contribution < 1.29 is 4.79 Å². The minimum atomic E-state index is -0.125. The van der Waals surface area contributed by atoms with E-state index in [0.717, 1.165) is 71.1 Å². The summed E-state index contributed by atoms with van der Waals surface area (Å²) in [6.45, 7) is 10.4. The number of nitrogens with one attached hydrogen (secondary N) is 1. The Labute approximate surface area is 119 Å². The van der Waals surface area contributed by atoms with Gasteiger partial charge in [-0.1, -0.05) is 33.6 Å². The highest BCUT2D eigenvalue weighted by Crippen LogP contribution is 2.32. The van der Waals surface area contributed by atoms with Gasteiger partial charge in [0.25, 0.3) is 0 Å². The number of carbonyl (C=O) groups excluding carboxylic acids is 1. The summed E-state index contributed by atoms with van der Waals surface area (Å²) in [5, 5.41) is 3.43. The van der Waals surface area contributed by atoms with Crippen LogP contribution in [0.5, 0.6) is 0 Å². The fourth-order valence-corrected chi connectivity index (χ4v) is 2.95. The van der Waals surface area contributed by atoms with Gasteiger partial charge in [0.2, 0.25) is 5.91 Å². The molecule has 1 saturated heterocycles. The van der Waals surface area contributed by atoms with Crippen LogP contribution in [-0.4, -0.2) is 37.0 Å². The lowest BCUT2D eigenvalue weighted by Crippen LogP contribution is -2.52. The van der Waals surface area contributed by atoms with Crippen molar-refractivity contribution in [3.63, 3.8) is 0 Å². The van der Waals surface area contributed by atoms with Gasteiger partial charge in [0.05, 0.1) is 5.41 Å². The molecule has 1 atom stereocenters. The second kappa shape index (κ2) is 8.57. The molecule has 1 N–H and O–H groups in total. The summed E-state index contributed by atoms with van der Waals surface area (Å²) in [6, 6.07) is 0. The minimum absolute atomic E-state index is 0.125. The third kappa shape index (κ3) is 4.48. The van der Waals surface area contributed by atoms with Crippen molar-refractivity contribution in [2.45, 2.75) is 65.7 Å². The maximum Gasteiger partial charge on any atom is 0.230 e. The lowest BCUT2D eigenvalue weighted by atomic mass is 9.77. The fraction of sp³-hybridized carbons (Fsp3) is 0.938. The number of unbranched alkanes of at least 4 members (excludes halogenated alkanes) is 2. The molecule has 1 fully saturated rings. The molecular weight excluding hydrogens is 236 g/mol. The molecule has 19 heavy (non-hydrogen) atoms. The standard InChI is InChI=1S/C16H32N2O/c1-4-7-12-18(13-8-5-2)15(19)16(6-3)10-9-11-17-14-16/h17H,4-14H2,1-3H3. The summed E-state index contributed by atoms with van der Waals surface area (Å²) in [6.07, 6.45) is 7.73. The second-order valence-electron chi connectivity index (χ2n) is 5.91. The van der Waals surface area contributed by atoms with Crippen LogP contribution < -0.4 is 5.32 Å². The molecule has 0 spiro atoms. The van der Waals surface area contributed by atoms with Crippen molar-refractivity contribution in [1.29, 1.82) is 0 Å². The van der Waals surface area contributed by atoms with E-state index in [1.165, 1.54) is 0 Å². The van der Waals surface area contributed by atoms with Crippen molar-refractivity contribution >= 4 is 5.91 Å². The minimum Gasteiger partial charge on any atom is -0.342 e. The molecule has 3 nitrogen and oxygen atoms in total. The topological polar surface area (TPSA) is 32.3 Å². The summed E-state index contributed by atoms with van der Waals surface area (Å²) in [7, 11) is 0. The Morgan fingerprint density at radius 1 is 1.16 bits per heavy atom. The molecule has 0 radical (unpaired) electrons. The first-order valence-corrected chi connectivity index (χ1v) is 8.20. The van der Waals surface area contributed by atoms with Crippen molar-refractivity contribution in [1.82, 2.24) is 10.2 Å². The summed E-state index contributed by atoms with van der Waals surface area (Å²) in [4.78, 5) is 15.1. The van der Waals surface area contributed by atoms with E-state index in [-0.39, 0.29) is 5.41 Å². The van der Waals surface area contributed by atoms with Crippen LogP contribution in [0.4, 0.5) is 0 Å². The molecule has 1 rings (SSSR count). The van der Waals surface area contributed by atoms with Gasteiger partial charge in [0, 0.05) is 19.6 Å². The zero-order chi connectivity index (χ0) is 14.1. The maximum absolute atomic E-state index is 12.9. The zero-order valence-corrected chi connectivity index (χ0v) is 13.1. The molecule has 0 aromatic rings. The SMILES string of the molecule is CCCCN(CCCC)C(=O)C1(CC)CCCNC1. The highest BCUT2D eigenvalue weighted by Gasteiger charge is 2.40. The van der Waals surface area contributed by atoms with Crippen LogP contribution in [0.1, 0.15) is 65.7 Å². The molecule has 1 unspecified atom stereocenters. The van der Waals surface area contributed by atoms with Crippen molar-refractivity contribution in [3.05, 3.63) is 0 Å². The van der Waals surface area contributed by atoms with Crippen molar-refractivity contribution in [3.8, 4) is 0 Å². The Bertz CT molecular complexity index is 251. The van der Waals surface area contributed by atoms with Crippen molar-refractivity contribution in [2.75, 3.05) is 26.2 Å². The van der Waals surface area contributed by atoms with Crippen LogP contribution in [0.25, 0.3) is 0 Å². The van der Waals surface area contributed by atoms with Gasteiger partial charge < -0.3 is 10.2 Å². The highest BCUT2D eigenvalue weighted by atomic mass is 16.2. The van der Waals surface area contributed by atoms with E-state index < -0.39 is 0 Å². The van der Waals surface area contributed by atoms with Gasteiger partial charge in [0.15, 0.2) is 0 Å². The molecule has 0 aromatic carbocycles. The number of hydrogen-bond donors (Lipinski definition) is 1. The normalized spacial score (nSPS) is 23.3. The van der Waals surface area contributed by atoms with E-state index in [0.29, 0.717) is 5.91 Å². The fourth-order valence-electron chi connectivity index (χ4n) is 2.95. The molecule has 1 aliphatic rings. The molecule has 112 valence electrons. The monoisotopic (exact) mass is 268 g/mol. The molecular formula is C16H32N2O. The predicted octanol–water partition coefficient (Wildman–Crippen LogP) is 3.20. The summed E-state index contributed by atoms with van der Waals surface area (Å²) >= 11 is 0. The number of amides is 1. The molecule has 3 heteroatoms. The third-order valence-electron chi connectivity index (χ3n) is 4.45. The maximum atomic E-state index is 12.9. The molecule has 0 bridgehead atoms. The van der Waals surface area contributed by atoms with E-state index in [2.05, 4.69) is 31.0 Å². The number of rotatable bonds is 8. The van der Waals surface area contributed by atoms with E-state index in [4.69, 9.17) is 0 Å². The van der Waals surface area contributed by atoms with Crippen LogP contribution in [0.2, 0.25) is 0 Å². The number of nitrogens with zero attached hydrogens (tertiary/aromatic N) is 1. The first kappa shape index (κ1) is 16.5. The van der Waals surface area contributed by atoms with E-state index in [1.54, 1.807) is 0 Å². The van der Waals surface area contributed by atoms with Crippen molar-refractivity contribution in [2.24, 2.45) is 5.41 Å². The lowest BCUT2D eigenvalue weighted by molar-refractivity contribution is -0.143. The Hall–Kier alpha value is -0.570. The van der Waals surface area contributed by atoms with Crippen LogP contribution in [0.3, 0.4) is 0 Å². The Balaban J connectivity index is 2.70.